The highest BCUT2D eigenvalue weighted by molar-refractivity contribution is 7.09. The van der Waals surface area contributed by atoms with Crippen LogP contribution >= 0.6 is 11.3 Å². The van der Waals surface area contributed by atoms with Gasteiger partial charge >= 0.3 is 5.97 Å². The van der Waals surface area contributed by atoms with Crippen molar-refractivity contribution in [3.8, 4) is 0 Å². The van der Waals surface area contributed by atoms with Gasteiger partial charge in [0.05, 0.1) is 26.3 Å². The Bertz CT molecular complexity index is 918. The molecule has 0 unspecified atom stereocenters. The highest BCUT2D eigenvalue weighted by Gasteiger charge is 2.34. The second-order valence-corrected chi connectivity index (χ2v) is 7.51. The highest BCUT2D eigenvalue weighted by Crippen LogP contribution is 2.31. The molecule has 1 aromatic heterocycles. The van der Waals surface area contributed by atoms with E-state index in [1.807, 2.05) is 17.2 Å². The van der Waals surface area contributed by atoms with Gasteiger partial charge in [0.2, 0.25) is 5.90 Å². The summed E-state index contributed by atoms with van der Waals surface area (Å²) in [5, 5.41) is 2.87. The van der Waals surface area contributed by atoms with Crippen LogP contribution in [0.3, 0.4) is 0 Å². The van der Waals surface area contributed by atoms with Gasteiger partial charge in [-0.3, -0.25) is 9.79 Å². The summed E-state index contributed by atoms with van der Waals surface area (Å²) in [4.78, 5) is 35.8. The molecular weight excluding hydrogens is 378 g/mol. The van der Waals surface area contributed by atoms with E-state index in [1.165, 1.54) is 14.2 Å². The van der Waals surface area contributed by atoms with Gasteiger partial charge in [-0.2, -0.15) is 0 Å². The van der Waals surface area contributed by atoms with Gasteiger partial charge < -0.3 is 14.4 Å². The maximum Gasteiger partial charge on any atom is 0.337 e. The number of amides is 1. The van der Waals surface area contributed by atoms with Crippen molar-refractivity contribution in [2.75, 3.05) is 21.3 Å². The summed E-state index contributed by atoms with van der Waals surface area (Å²) in [6, 6.07) is 5.07. The zero-order valence-corrected chi connectivity index (χ0v) is 17.2. The van der Waals surface area contributed by atoms with Crippen LogP contribution in [0.25, 0.3) is 0 Å². The molecule has 0 bridgehead atoms. The number of aliphatic imine (C=N–C) groups is 1. The molecule has 148 valence electrons. The van der Waals surface area contributed by atoms with Crippen LogP contribution in [-0.4, -0.2) is 55.0 Å². The van der Waals surface area contributed by atoms with Crippen molar-refractivity contribution in [1.29, 1.82) is 0 Å². The number of thiazole rings is 1. The topological polar surface area (TPSA) is 81.1 Å². The number of aromatic nitrogens is 1. The molecule has 0 spiro atoms. The van der Waals surface area contributed by atoms with E-state index in [4.69, 9.17) is 9.47 Å². The lowest BCUT2D eigenvalue weighted by atomic mass is 10.0. The van der Waals surface area contributed by atoms with Crippen molar-refractivity contribution >= 4 is 29.1 Å². The molecule has 8 heteroatoms. The van der Waals surface area contributed by atoms with Gasteiger partial charge in [0, 0.05) is 35.3 Å². The van der Waals surface area contributed by atoms with Gasteiger partial charge in [0.15, 0.2) is 0 Å². The number of benzene rings is 1. The molecule has 0 saturated heterocycles. The Labute approximate surface area is 168 Å². The van der Waals surface area contributed by atoms with Crippen molar-refractivity contribution in [2.24, 2.45) is 4.99 Å². The maximum atomic E-state index is 13.3. The second kappa shape index (κ2) is 8.52. The third kappa shape index (κ3) is 4.39. The number of rotatable bonds is 6. The Hall–Kier alpha value is -2.74. The molecule has 28 heavy (non-hydrogen) atoms. The summed E-state index contributed by atoms with van der Waals surface area (Å²) in [6.07, 6.45) is 1.94. The fourth-order valence-corrected chi connectivity index (χ4v) is 3.76. The van der Waals surface area contributed by atoms with Crippen molar-refractivity contribution in [1.82, 2.24) is 9.88 Å². The molecule has 0 aliphatic heterocycles. The number of ether oxygens (including phenoxy) is 2. The molecule has 0 N–H and O–H groups in total. The lowest BCUT2D eigenvalue weighted by Crippen LogP contribution is -2.33. The first-order chi connectivity index (χ1) is 13.5. The van der Waals surface area contributed by atoms with E-state index in [0.29, 0.717) is 23.6 Å². The van der Waals surface area contributed by atoms with Gasteiger partial charge in [0.25, 0.3) is 5.91 Å². The average Bonchev–Trinajstić information content (AvgIpc) is 3.47. The van der Waals surface area contributed by atoms with Gasteiger partial charge in [-0.1, -0.05) is 0 Å². The molecule has 7 nitrogen and oxygen atoms in total. The fraction of sp³-hybridized carbons (Fsp3) is 0.400. The Morgan fingerprint density at radius 3 is 2.39 bits per heavy atom. The van der Waals surface area contributed by atoms with Crippen molar-refractivity contribution in [3.05, 3.63) is 51.0 Å². The number of hydrogen-bond donors (Lipinski definition) is 0. The van der Waals surface area contributed by atoms with Crippen molar-refractivity contribution in [3.63, 3.8) is 0 Å². The lowest BCUT2D eigenvalue weighted by Gasteiger charge is -2.22. The number of carbonyl (C=O) groups is 2. The Balaban J connectivity index is 1.98. The molecule has 1 aliphatic rings. The molecule has 1 fully saturated rings. The average molecular weight is 401 g/mol. The Morgan fingerprint density at radius 2 is 1.86 bits per heavy atom. The number of methoxy groups -OCH3 is 2. The molecule has 2 aromatic rings. The van der Waals surface area contributed by atoms with E-state index >= 15 is 0 Å². The quantitative estimate of drug-likeness (QED) is 0.422. The Morgan fingerprint density at radius 1 is 1.18 bits per heavy atom. The summed E-state index contributed by atoms with van der Waals surface area (Å²) in [5.74, 6) is -0.321. The summed E-state index contributed by atoms with van der Waals surface area (Å²) in [5.41, 5.74) is 2.18. The number of carbonyl (C=O) groups excluding carboxylic acids is 2. The van der Waals surface area contributed by atoms with E-state index < -0.39 is 5.97 Å². The first kappa shape index (κ1) is 20.0. The molecule has 3 rings (SSSR count). The molecular formula is C20H23N3O4S. The molecule has 1 amide bonds. The monoisotopic (exact) mass is 401 g/mol. The zero-order valence-electron chi connectivity index (χ0n) is 16.4. The van der Waals surface area contributed by atoms with Crippen LogP contribution in [0.15, 0.2) is 28.6 Å². The number of hydrogen-bond acceptors (Lipinski definition) is 7. The standard InChI is InChI=1S/C20H23N3O4S/c1-12-11-28-17(22-12)10-23(16-5-6-16)19(24)14-7-13(18(21-2)26-3)8-15(9-14)20(25)27-4/h7-9,11,16H,5-6,10H2,1-4H3. The molecule has 1 saturated carbocycles. The molecule has 1 heterocycles. The first-order valence-electron chi connectivity index (χ1n) is 8.93. The molecule has 0 atom stereocenters. The maximum absolute atomic E-state index is 13.3. The number of esters is 1. The summed E-state index contributed by atoms with van der Waals surface area (Å²) < 4.78 is 10.1. The first-order valence-corrected chi connectivity index (χ1v) is 9.81. The number of aryl methyl sites for hydroxylation is 1. The van der Waals surface area contributed by atoms with Gasteiger partial charge in [-0.05, 0) is 38.0 Å². The normalized spacial score (nSPS) is 13.9. The fourth-order valence-electron chi connectivity index (χ4n) is 2.99. The van der Waals surface area contributed by atoms with Crippen molar-refractivity contribution in [2.45, 2.75) is 32.4 Å². The summed E-state index contributed by atoms with van der Waals surface area (Å²) in [7, 11) is 4.39. The van der Waals surface area contributed by atoms with Crippen LogP contribution in [0.2, 0.25) is 0 Å². The van der Waals surface area contributed by atoms with Crippen LogP contribution in [0.4, 0.5) is 0 Å². The van der Waals surface area contributed by atoms with Crippen LogP contribution < -0.4 is 0 Å². The summed E-state index contributed by atoms with van der Waals surface area (Å²) in [6.45, 7) is 2.39. The van der Waals surface area contributed by atoms with Gasteiger partial charge in [0.1, 0.15) is 5.01 Å². The lowest BCUT2D eigenvalue weighted by molar-refractivity contribution is 0.0600. The Kier molecular flexibility index (Phi) is 6.08. The minimum Gasteiger partial charge on any atom is -0.481 e. The van der Waals surface area contributed by atoms with Crippen LogP contribution in [0.5, 0.6) is 0 Å². The van der Waals surface area contributed by atoms with E-state index in [2.05, 4.69) is 9.98 Å². The molecule has 1 aliphatic carbocycles. The predicted molar refractivity (Wildman–Crippen MR) is 107 cm³/mol. The third-order valence-electron chi connectivity index (χ3n) is 4.47. The minimum absolute atomic E-state index is 0.145. The van der Waals surface area contributed by atoms with Crippen molar-refractivity contribution < 1.29 is 19.1 Å². The van der Waals surface area contributed by atoms with E-state index in [0.717, 1.165) is 23.5 Å². The van der Waals surface area contributed by atoms with Gasteiger partial charge in [-0.15, -0.1) is 11.3 Å². The summed E-state index contributed by atoms with van der Waals surface area (Å²) >= 11 is 1.54. The minimum atomic E-state index is -0.518. The number of nitrogens with zero attached hydrogens (tertiary/aromatic N) is 3. The van der Waals surface area contributed by atoms with Crippen LogP contribution in [0, 0.1) is 6.92 Å². The van der Waals surface area contributed by atoms with E-state index in [1.54, 1.807) is 36.6 Å². The smallest absolute Gasteiger partial charge is 0.337 e. The van der Waals surface area contributed by atoms with Crippen LogP contribution in [-0.2, 0) is 16.0 Å². The zero-order chi connectivity index (χ0) is 20.3. The SMILES string of the molecule is CN=C(OC)c1cc(C(=O)OC)cc(C(=O)N(Cc2nc(C)cs2)C2CC2)c1. The van der Waals surface area contributed by atoms with Gasteiger partial charge in [-0.25, -0.2) is 9.78 Å². The molecule has 1 aromatic carbocycles. The largest absolute Gasteiger partial charge is 0.481 e. The van der Waals surface area contributed by atoms with Crippen LogP contribution in [0.1, 0.15) is 49.8 Å². The predicted octanol–water partition coefficient (Wildman–Crippen LogP) is 3.07. The van der Waals surface area contributed by atoms with E-state index in [9.17, 15) is 9.59 Å². The third-order valence-corrected chi connectivity index (χ3v) is 5.42. The highest BCUT2D eigenvalue weighted by atomic mass is 32.1. The second-order valence-electron chi connectivity index (χ2n) is 6.57. The van der Waals surface area contributed by atoms with E-state index in [-0.39, 0.29) is 17.5 Å². The molecule has 0 radical (unpaired) electrons.